The molecule has 124 valence electrons. The second-order valence-electron chi connectivity index (χ2n) is 5.99. The first-order valence-corrected chi connectivity index (χ1v) is 7.92. The number of rotatable bonds is 6. The molecular formula is C22H20N2O. The minimum absolute atomic E-state index is 0.284. The highest BCUT2D eigenvalue weighted by Gasteiger charge is 2.24. The van der Waals surface area contributed by atoms with E-state index in [2.05, 4.69) is 25.3 Å². The number of hydrogen-bond donors (Lipinski definition) is 0. The van der Waals surface area contributed by atoms with Crippen molar-refractivity contribution >= 4 is 0 Å². The molecule has 0 radical (unpaired) electrons. The molecule has 0 fully saturated rings. The van der Waals surface area contributed by atoms with Gasteiger partial charge in [-0.1, -0.05) is 72.8 Å². The van der Waals surface area contributed by atoms with Gasteiger partial charge in [-0.25, -0.2) is 0 Å². The van der Waals surface area contributed by atoms with Crippen LogP contribution in [-0.2, 0) is 4.74 Å². The third-order valence-electron chi connectivity index (χ3n) is 3.95. The first kappa shape index (κ1) is 18.2. The number of nitriles is 2. The van der Waals surface area contributed by atoms with E-state index in [4.69, 9.17) is 4.74 Å². The van der Waals surface area contributed by atoms with Crippen LogP contribution in [0, 0.1) is 36.5 Å². The molecular weight excluding hydrogens is 308 g/mol. The SMILES string of the molecule is C=C(C#N)[C@H](O[C@@H](C(=C)C#N)c1ccc(C)cc1)c1ccc(C)cc1. The Morgan fingerprint density at radius 1 is 0.760 bits per heavy atom. The summed E-state index contributed by atoms with van der Waals surface area (Å²) in [5.41, 5.74) is 4.43. The van der Waals surface area contributed by atoms with Crippen molar-refractivity contribution in [3.8, 4) is 12.1 Å². The van der Waals surface area contributed by atoms with Gasteiger partial charge in [0, 0.05) is 0 Å². The maximum absolute atomic E-state index is 9.32. The van der Waals surface area contributed by atoms with Gasteiger partial charge in [-0.05, 0) is 25.0 Å². The molecule has 0 bridgehead atoms. The van der Waals surface area contributed by atoms with Gasteiger partial charge in [-0.15, -0.1) is 0 Å². The van der Waals surface area contributed by atoms with E-state index in [9.17, 15) is 10.5 Å². The molecule has 25 heavy (non-hydrogen) atoms. The molecule has 0 saturated carbocycles. The summed E-state index contributed by atoms with van der Waals surface area (Å²) in [7, 11) is 0. The Morgan fingerprint density at radius 3 is 1.36 bits per heavy atom. The number of aryl methyl sites for hydroxylation is 2. The summed E-state index contributed by atoms with van der Waals surface area (Å²) in [4.78, 5) is 0. The minimum Gasteiger partial charge on any atom is -0.355 e. The number of hydrogen-bond acceptors (Lipinski definition) is 3. The van der Waals surface area contributed by atoms with E-state index in [1.807, 2.05) is 62.4 Å². The molecule has 0 aliphatic heterocycles. The van der Waals surface area contributed by atoms with Crippen molar-refractivity contribution in [2.45, 2.75) is 26.1 Å². The van der Waals surface area contributed by atoms with E-state index in [1.165, 1.54) is 0 Å². The zero-order valence-electron chi connectivity index (χ0n) is 14.5. The fourth-order valence-electron chi connectivity index (χ4n) is 2.46. The van der Waals surface area contributed by atoms with Crippen molar-refractivity contribution in [3.63, 3.8) is 0 Å². The summed E-state index contributed by atoms with van der Waals surface area (Å²) in [6.45, 7) is 11.6. The van der Waals surface area contributed by atoms with Crippen molar-refractivity contribution < 1.29 is 4.74 Å². The van der Waals surface area contributed by atoms with E-state index in [-0.39, 0.29) is 11.1 Å². The largest absolute Gasteiger partial charge is 0.355 e. The lowest BCUT2D eigenvalue weighted by Crippen LogP contribution is -2.13. The Hall–Kier alpha value is -3.14. The van der Waals surface area contributed by atoms with Crippen LogP contribution in [0.3, 0.4) is 0 Å². The predicted molar refractivity (Wildman–Crippen MR) is 98.4 cm³/mol. The maximum Gasteiger partial charge on any atom is 0.118 e. The van der Waals surface area contributed by atoms with E-state index in [1.54, 1.807) is 0 Å². The molecule has 0 saturated heterocycles. The third kappa shape index (κ3) is 4.44. The lowest BCUT2D eigenvalue weighted by atomic mass is 9.99. The van der Waals surface area contributed by atoms with E-state index in [0.29, 0.717) is 0 Å². The zero-order valence-corrected chi connectivity index (χ0v) is 14.5. The normalized spacial score (nSPS) is 12.5. The van der Waals surface area contributed by atoms with Crippen molar-refractivity contribution in [3.05, 3.63) is 95.1 Å². The van der Waals surface area contributed by atoms with Gasteiger partial charge in [0.2, 0.25) is 0 Å². The van der Waals surface area contributed by atoms with E-state index < -0.39 is 12.2 Å². The fraction of sp³-hybridized carbons (Fsp3) is 0.182. The summed E-state index contributed by atoms with van der Waals surface area (Å²) in [6.07, 6.45) is -1.27. The average molecular weight is 328 g/mol. The number of nitrogens with zero attached hydrogens (tertiary/aromatic N) is 2. The van der Waals surface area contributed by atoms with Crippen molar-refractivity contribution in [2.24, 2.45) is 0 Å². The molecule has 0 unspecified atom stereocenters. The van der Waals surface area contributed by atoms with Gasteiger partial charge in [-0.2, -0.15) is 10.5 Å². The third-order valence-corrected chi connectivity index (χ3v) is 3.95. The Labute approximate surface area is 149 Å². The second kappa shape index (κ2) is 8.11. The Kier molecular flexibility index (Phi) is 5.90. The van der Waals surface area contributed by atoms with Crippen molar-refractivity contribution in [1.29, 1.82) is 10.5 Å². The highest BCUT2D eigenvalue weighted by atomic mass is 16.5. The average Bonchev–Trinajstić information content (AvgIpc) is 2.63. The smallest absolute Gasteiger partial charge is 0.118 e. The van der Waals surface area contributed by atoms with Gasteiger partial charge in [0.05, 0.1) is 23.3 Å². The first-order valence-electron chi connectivity index (χ1n) is 7.92. The first-order chi connectivity index (χ1) is 12.0. The summed E-state index contributed by atoms with van der Waals surface area (Å²) < 4.78 is 6.16. The van der Waals surface area contributed by atoms with Crippen LogP contribution in [0.5, 0.6) is 0 Å². The van der Waals surface area contributed by atoms with Crippen molar-refractivity contribution in [2.75, 3.05) is 0 Å². The van der Waals surface area contributed by atoms with E-state index >= 15 is 0 Å². The predicted octanol–water partition coefficient (Wildman–Crippen LogP) is 5.26. The van der Waals surface area contributed by atoms with Crippen LogP contribution < -0.4 is 0 Å². The molecule has 0 N–H and O–H groups in total. The van der Waals surface area contributed by atoms with Gasteiger partial charge in [0.25, 0.3) is 0 Å². The van der Waals surface area contributed by atoms with Crippen LogP contribution in [0.15, 0.2) is 72.8 Å². The molecule has 3 nitrogen and oxygen atoms in total. The molecule has 2 atom stereocenters. The Morgan fingerprint density at radius 2 is 1.08 bits per heavy atom. The van der Waals surface area contributed by atoms with Crippen LogP contribution in [-0.4, -0.2) is 0 Å². The van der Waals surface area contributed by atoms with Gasteiger partial charge in [-0.3, -0.25) is 0 Å². The van der Waals surface area contributed by atoms with Gasteiger partial charge < -0.3 is 4.74 Å². The molecule has 2 aromatic carbocycles. The van der Waals surface area contributed by atoms with Gasteiger partial charge >= 0.3 is 0 Å². The van der Waals surface area contributed by atoms with Gasteiger partial charge in [0.15, 0.2) is 0 Å². The second-order valence-corrected chi connectivity index (χ2v) is 5.99. The lowest BCUT2D eigenvalue weighted by Gasteiger charge is -2.24. The topological polar surface area (TPSA) is 56.8 Å². The lowest BCUT2D eigenvalue weighted by molar-refractivity contribution is 0.0315. The van der Waals surface area contributed by atoms with Crippen LogP contribution in [0.25, 0.3) is 0 Å². The van der Waals surface area contributed by atoms with Crippen LogP contribution >= 0.6 is 0 Å². The summed E-state index contributed by atoms with van der Waals surface area (Å²) in [5, 5.41) is 18.6. The van der Waals surface area contributed by atoms with E-state index in [0.717, 1.165) is 22.3 Å². The Bertz CT molecular complexity index is 775. The number of ether oxygens (including phenoxy) is 1. The van der Waals surface area contributed by atoms with Crippen LogP contribution in [0.1, 0.15) is 34.5 Å². The summed E-state index contributed by atoms with van der Waals surface area (Å²) in [5.74, 6) is 0. The molecule has 0 aromatic heterocycles. The molecule has 0 heterocycles. The molecule has 0 amide bonds. The summed E-state index contributed by atoms with van der Waals surface area (Å²) in [6, 6.07) is 19.6. The fourth-order valence-corrected chi connectivity index (χ4v) is 2.46. The molecule has 0 spiro atoms. The minimum atomic E-state index is -0.637. The van der Waals surface area contributed by atoms with Crippen LogP contribution in [0.2, 0.25) is 0 Å². The monoisotopic (exact) mass is 328 g/mol. The molecule has 2 rings (SSSR count). The van der Waals surface area contributed by atoms with Crippen LogP contribution in [0.4, 0.5) is 0 Å². The Balaban J connectivity index is 2.42. The molecule has 0 aliphatic rings. The zero-order chi connectivity index (χ0) is 18.4. The highest BCUT2D eigenvalue weighted by molar-refractivity contribution is 5.37. The van der Waals surface area contributed by atoms with Gasteiger partial charge in [0.1, 0.15) is 12.2 Å². The highest BCUT2D eigenvalue weighted by Crippen LogP contribution is 2.34. The quantitative estimate of drug-likeness (QED) is 0.679. The standard InChI is InChI=1S/C22H20N2O/c1-15-5-9-19(10-6-15)21(17(3)13-23)25-22(18(4)14-24)20-11-7-16(2)8-12-20/h5-12,21-22H,3-4H2,1-2H3/t21-,22-/m0/s1. The summed E-state index contributed by atoms with van der Waals surface area (Å²) >= 11 is 0. The van der Waals surface area contributed by atoms with Crippen molar-refractivity contribution in [1.82, 2.24) is 0 Å². The molecule has 0 aliphatic carbocycles. The molecule has 2 aromatic rings. The molecule has 3 heteroatoms. The maximum atomic E-state index is 9.32. The number of benzene rings is 2.